The Kier molecular flexibility index (Phi) is 8.03. The summed E-state index contributed by atoms with van der Waals surface area (Å²) in [5.74, 6) is 3.31. The molecule has 2 aliphatic rings. The van der Waals surface area contributed by atoms with Crippen LogP contribution in [0.3, 0.4) is 0 Å². The molecule has 1 aromatic carbocycles. The Balaban J connectivity index is 1.61. The van der Waals surface area contributed by atoms with E-state index in [2.05, 4.69) is 18.1 Å². The molecule has 0 radical (unpaired) electrons. The second-order valence-corrected chi connectivity index (χ2v) is 10.7. The molecule has 5 nitrogen and oxygen atoms in total. The number of nitrogens with two attached hydrogens (primary N) is 2. The maximum atomic E-state index is 14.2. The van der Waals surface area contributed by atoms with E-state index in [-0.39, 0.29) is 23.2 Å². The normalized spacial score (nSPS) is 27.2. The minimum absolute atomic E-state index is 0.0243. The van der Waals surface area contributed by atoms with Crippen molar-refractivity contribution in [2.45, 2.75) is 83.7 Å². The van der Waals surface area contributed by atoms with E-state index in [1.54, 1.807) is 18.2 Å². The van der Waals surface area contributed by atoms with Gasteiger partial charge in [0.25, 0.3) is 5.92 Å². The average molecular weight is 481 g/mol. The summed E-state index contributed by atoms with van der Waals surface area (Å²) in [5.41, 5.74) is 5.57. The zero-order chi connectivity index (χ0) is 25.1. The summed E-state index contributed by atoms with van der Waals surface area (Å²) in [6, 6.07) is 6.16. The van der Waals surface area contributed by atoms with Gasteiger partial charge in [0, 0.05) is 6.42 Å². The maximum Gasteiger partial charge on any atom is 0.275 e. The van der Waals surface area contributed by atoms with Crippen LogP contribution in [0.15, 0.2) is 41.0 Å². The highest BCUT2D eigenvalue weighted by molar-refractivity contribution is 5.97. The molecular weight excluding hydrogens is 441 g/mol. The molecule has 3 unspecified atom stereocenters. The first kappa shape index (κ1) is 26.5. The zero-order valence-electron chi connectivity index (χ0n) is 20.5. The molecule has 2 aliphatic carbocycles. The number of nitrogens with zero attached hydrogens (tertiary/aromatic N) is 2. The molecule has 3 atom stereocenters. The van der Waals surface area contributed by atoms with Gasteiger partial charge in [-0.1, -0.05) is 30.7 Å². The number of amidine groups is 1. The number of fused-ring (bicyclic) bond motifs is 1. The zero-order valence-corrected chi connectivity index (χ0v) is 20.5. The van der Waals surface area contributed by atoms with Crippen molar-refractivity contribution in [3.8, 4) is 0 Å². The van der Waals surface area contributed by atoms with Crippen molar-refractivity contribution in [1.82, 2.24) is 5.12 Å². The minimum atomic E-state index is -3.08. The minimum Gasteiger partial charge on any atom is -0.384 e. The summed E-state index contributed by atoms with van der Waals surface area (Å²) in [4.78, 5) is 0. The molecule has 1 aromatic rings. The highest BCUT2D eigenvalue weighted by Gasteiger charge is 2.49. The van der Waals surface area contributed by atoms with Crippen molar-refractivity contribution >= 4 is 5.84 Å². The fourth-order valence-corrected chi connectivity index (χ4v) is 5.85. The number of allylic oxidation sites excluding steroid dienone is 1. The molecule has 0 bridgehead atoms. The van der Waals surface area contributed by atoms with E-state index >= 15 is 0 Å². The smallest absolute Gasteiger partial charge is 0.275 e. The van der Waals surface area contributed by atoms with Gasteiger partial charge >= 0.3 is 0 Å². The topological polar surface area (TPSA) is 87.9 Å². The van der Waals surface area contributed by atoms with Gasteiger partial charge in [0.2, 0.25) is 0 Å². The SMILES string of the molecule is CC12CCC/C(=C\CN(N)/N=C(\N)c3ccccc3F)C1CCC2CCCC(F)(F)C(C)(C)O. The number of hydrazone groups is 1. The van der Waals surface area contributed by atoms with Gasteiger partial charge in [-0.25, -0.2) is 24.1 Å². The highest BCUT2D eigenvalue weighted by atomic mass is 19.3. The van der Waals surface area contributed by atoms with Crippen LogP contribution in [0.2, 0.25) is 0 Å². The quantitative estimate of drug-likeness (QED) is 0.146. The lowest BCUT2D eigenvalue weighted by atomic mass is 9.62. The molecule has 3 rings (SSSR count). The van der Waals surface area contributed by atoms with Crippen molar-refractivity contribution < 1.29 is 18.3 Å². The molecule has 0 aromatic heterocycles. The van der Waals surface area contributed by atoms with Crippen molar-refractivity contribution in [3.05, 3.63) is 47.3 Å². The van der Waals surface area contributed by atoms with Crippen molar-refractivity contribution in [1.29, 1.82) is 0 Å². The second-order valence-electron chi connectivity index (χ2n) is 10.7. The third-order valence-corrected chi connectivity index (χ3v) is 8.03. The van der Waals surface area contributed by atoms with Crippen molar-refractivity contribution in [2.24, 2.45) is 33.9 Å². The van der Waals surface area contributed by atoms with Crippen LogP contribution in [-0.4, -0.2) is 34.1 Å². The molecule has 0 saturated heterocycles. The molecule has 34 heavy (non-hydrogen) atoms. The first-order valence-corrected chi connectivity index (χ1v) is 12.3. The van der Waals surface area contributed by atoms with Gasteiger partial charge in [0.1, 0.15) is 11.4 Å². The molecule has 2 saturated carbocycles. The van der Waals surface area contributed by atoms with E-state index in [1.165, 1.54) is 30.6 Å². The summed E-state index contributed by atoms with van der Waals surface area (Å²) in [6.45, 7) is 5.00. The Morgan fingerprint density at radius 3 is 2.68 bits per heavy atom. The predicted molar refractivity (Wildman–Crippen MR) is 129 cm³/mol. The Labute approximate surface area is 201 Å². The Bertz CT molecular complexity index is 912. The highest BCUT2D eigenvalue weighted by Crippen LogP contribution is 2.58. The third-order valence-electron chi connectivity index (χ3n) is 8.03. The molecule has 5 N–H and O–H groups in total. The van der Waals surface area contributed by atoms with Crippen LogP contribution in [-0.2, 0) is 0 Å². The fourth-order valence-electron chi connectivity index (χ4n) is 5.85. The van der Waals surface area contributed by atoms with Gasteiger partial charge < -0.3 is 10.8 Å². The number of halogens is 3. The molecule has 0 heterocycles. The third kappa shape index (κ3) is 5.77. The van der Waals surface area contributed by atoms with Gasteiger partial charge in [0.15, 0.2) is 5.84 Å². The molecule has 190 valence electrons. The second kappa shape index (κ2) is 10.3. The van der Waals surface area contributed by atoms with E-state index in [0.717, 1.165) is 38.5 Å². The number of aliphatic hydroxyl groups is 1. The van der Waals surface area contributed by atoms with Crippen LogP contribution in [0.25, 0.3) is 0 Å². The average Bonchev–Trinajstić information content (AvgIpc) is 3.08. The van der Waals surface area contributed by atoms with Gasteiger partial charge in [-0.3, -0.25) is 0 Å². The van der Waals surface area contributed by atoms with Gasteiger partial charge in [-0.05, 0) is 88.2 Å². The lowest BCUT2D eigenvalue weighted by molar-refractivity contribution is -0.166. The molecule has 2 fully saturated rings. The van der Waals surface area contributed by atoms with Crippen LogP contribution in [0.4, 0.5) is 13.2 Å². The van der Waals surface area contributed by atoms with Crippen LogP contribution < -0.4 is 11.6 Å². The lowest BCUT2D eigenvalue weighted by Gasteiger charge is -2.43. The molecule has 8 heteroatoms. The Morgan fingerprint density at radius 1 is 1.29 bits per heavy atom. The fraction of sp³-hybridized carbons (Fsp3) is 0.654. The maximum absolute atomic E-state index is 14.2. The van der Waals surface area contributed by atoms with Crippen LogP contribution in [0, 0.1) is 23.1 Å². The molecule has 0 amide bonds. The van der Waals surface area contributed by atoms with E-state index in [9.17, 15) is 18.3 Å². The molecule has 0 spiro atoms. The number of hydrazine groups is 1. The van der Waals surface area contributed by atoms with Gasteiger partial charge in [-0.2, -0.15) is 0 Å². The number of alkyl halides is 2. The first-order chi connectivity index (χ1) is 15.8. The van der Waals surface area contributed by atoms with E-state index in [0.29, 0.717) is 24.8 Å². The summed E-state index contributed by atoms with van der Waals surface area (Å²) in [7, 11) is 0. The van der Waals surface area contributed by atoms with Crippen LogP contribution in [0.1, 0.15) is 77.7 Å². The summed E-state index contributed by atoms with van der Waals surface area (Å²) >= 11 is 0. The summed E-state index contributed by atoms with van der Waals surface area (Å²) in [6.07, 6.45) is 8.17. The van der Waals surface area contributed by atoms with Crippen LogP contribution in [0.5, 0.6) is 0 Å². The van der Waals surface area contributed by atoms with Crippen molar-refractivity contribution in [2.75, 3.05) is 6.54 Å². The summed E-state index contributed by atoms with van der Waals surface area (Å²) in [5, 5.41) is 15.1. The lowest BCUT2D eigenvalue weighted by Crippen LogP contribution is -2.42. The Morgan fingerprint density at radius 2 is 2.00 bits per heavy atom. The number of benzene rings is 1. The van der Waals surface area contributed by atoms with Gasteiger partial charge in [0.05, 0.1) is 12.1 Å². The molecular formula is C26H39F3N4O. The van der Waals surface area contributed by atoms with Gasteiger partial charge in [-0.15, -0.1) is 5.10 Å². The Hall–Kier alpha value is -2.06. The largest absolute Gasteiger partial charge is 0.384 e. The van der Waals surface area contributed by atoms with Crippen LogP contribution >= 0.6 is 0 Å². The number of hydrogen-bond acceptors (Lipinski definition) is 4. The monoisotopic (exact) mass is 480 g/mol. The van der Waals surface area contributed by atoms with E-state index < -0.39 is 17.3 Å². The standard InChI is InChI=1S/C26H39F3N4O/c1-24(2,34)26(28,29)16-7-9-19-12-13-21-18(8-6-15-25(19,21)3)14-17-33(31)32-23(30)20-10-4-5-11-22(20)27/h4-5,10-11,14,19,21,34H,6-9,12-13,15-17,31H2,1-3H3,(H2,30,32)/b18-14+. The van der Waals surface area contributed by atoms with Crippen molar-refractivity contribution in [3.63, 3.8) is 0 Å². The summed E-state index contributed by atoms with van der Waals surface area (Å²) < 4.78 is 42.3. The first-order valence-electron chi connectivity index (χ1n) is 12.3. The predicted octanol–water partition coefficient (Wildman–Crippen LogP) is 5.34. The van der Waals surface area contributed by atoms with E-state index in [1.807, 2.05) is 0 Å². The molecule has 0 aliphatic heterocycles. The van der Waals surface area contributed by atoms with E-state index in [4.69, 9.17) is 11.6 Å². The number of hydrogen-bond donors (Lipinski definition) is 3. The number of rotatable bonds is 9.